The number of para-hydroxylation sites is 1. The molecular formula is C20H19ClN4O2S. The lowest BCUT2D eigenvalue weighted by molar-refractivity contribution is -0.119. The minimum atomic E-state index is -0.874. The number of thioether (sulfide) groups is 1. The van der Waals surface area contributed by atoms with E-state index in [1.807, 2.05) is 60.0 Å². The fraction of sp³-hybridized carbons (Fsp3) is 0.150. The van der Waals surface area contributed by atoms with E-state index in [9.17, 15) is 9.59 Å². The fourth-order valence-corrected chi connectivity index (χ4v) is 3.75. The van der Waals surface area contributed by atoms with E-state index >= 15 is 0 Å². The lowest BCUT2D eigenvalue weighted by atomic mass is 10.1. The summed E-state index contributed by atoms with van der Waals surface area (Å²) in [5.74, 6) is -0.468. The van der Waals surface area contributed by atoms with Gasteiger partial charge in [-0.1, -0.05) is 53.7 Å². The molecule has 0 radical (unpaired) electrons. The number of primary amides is 1. The van der Waals surface area contributed by atoms with E-state index in [2.05, 4.69) is 10.3 Å². The number of carbonyl (C=O) groups excluding carboxylic acids is 2. The van der Waals surface area contributed by atoms with Gasteiger partial charge >= 0.3 is 6.03 Å². The molecule has 3 N–H and O–H groups in total. The molecule has 3 rings (SSSR count). The van der Waals surface area contributed by atoms with Crippen molar-refractivity contribution in [3.05, 3.63) is 65.3 Å². The predicted molar refractivity (Wildman–Crippen MR) is 112 cm³/mol. The summed E-state index contributed by atoms with van der Waals surface area (Å²) >= 11 is 7.27. The molecule has 0 aliphatic rings. The summed E-state index contributed by atoms with van der Waals surface area (Å²) in [6, 6.07) is 14.5. The van der Waals surface area contributed by atoms with Crippen molar-refractivity contribution in [3.8, 4) is 16.9 Å². The Hall–Kier alpha value is -2.77. The molecule has 144 valence electrons. The summed E-state index contributed by atoms with van der Waals surface area (Å²) in [5, 5.41) is 2.83. The maximum Gasteiger partial charge on any atom is 0.318 e. The Bertz CT molecular complexity index is 1020. The minimum Gasteiger partial charge on any atom is -0.351 e. The van der Waals surface area contributed by atoms with Crippen LogP contribution < -0.4 is 11.1 Å². The summed E-state index contributed by atoms with van der Waals surface area (Å²) in [7, 11) is 0. The molecular weight excluding hydrogens is 396 g/mol. The van der Waals surface area contributed by atoms with E-state index in [1.54, 1.807) is 13.1 Å². The molecule has 28 heavy (non-hydrogen) atoms. The van der Waals surface area contributed by atoms with Gasteiger partial charge in [-0.2, -0.15) is 0 Å². The van der Waals surface area contributed by atoms with Gasteiger partial charge in [-0.05, 0) is 37.6 Å². The molecule has 6 nitrogen and oxygen atoms in total. The van der Waals surface area contributed by atoms with E-state index in [-0.39, 0.29) is 0 Å². The molecule has 0 fully saturated rings. The van der Waals surface area contributed by atoms with Crippen LogP contribution in [-0.2, 0) is 4.79 Å². The van der Waals surface area contributed by atoms with E-state index in [0.29, 0.717) is 10.2 Å². The van der Waals surface area contributed by atoms with Gasteiger partial charge in [0.25, 0.3) is 0 Å². The van der Waals surface area contributed by atoms with Crippen LogP contribution in [-0.4, -0.2) is 26.7 Å². The highest BCUT2D eigenvalue weighted by Gasteiger charge is 2.22. The summed E-state index contributed by atoms with van der Waals surface area (Å²) in [6.07, 6.45) is 1.76. The minimum absolute atomic E-state index is 0.468. The van der Waals surface area contributed by atoms with Gasteiger partial charge in [0, 0.05) is 10.6 Å². The van der Waals surface area contributed by atoms with Gasteiger partial charge in [-0.3, -0.25) is 14.7 Å². The molecule has 0 aliphatic carbocycles. The highest BCUT2D eigenvalue weighted by Crippen LogP contribution is 2.33. The number of benzene rings is 2. The van der Waals surface area contributed by atoms with Crippen LogP contribution in [0.4, 0.5) is 4.79 Å². The van der Waals surface area contributed by atoms with E-state index in [0.717, 1.165) is 22.5 Å². The average Bonchev–Trinajstić information content (AvgIpc) is 3.05. The van der Waals surface area contributed by atoms with Gasteiger partial charge < -0.3 is 5.73 Å². The lowest BCUT2D eigenvalue weighted by Crippen LogP contribution is -2.39. The standard InChI is InChI=1S/C20H19ClN4O2S/c1-12-5-3-4-6-16(12)25-17(14-7-9-15(21)10-8-14)11-23-20(25)28-13(2)18(26)24-19(22)27/h3-11,13H,1-2H3,(H3,22,24,26,27)/t13-/m1/s1. The van der Waals surface area contributed by atoms with Crippen molar-refractivity contribution in [3.63, 3.8) is 0 Å². The number of aryl methyl sites for hydroxylation is 1. The van der Waals surface area contributed by atoms with Crippen LogP contribution in [0.1, 0.15) is 12.5 Å². The summed E-state index contributed by atoms with van der Waals surface area (Å²) < 4.78 is 2.00. The smallest absolute Gasteiger partial charge is 0.318 e. The van der Waals surface area contributed by atoms with Crippen molar-refractivity contribution in [2.45, 2.75) is 24.3 Å². The molecule has 8 heteroatoms. The second-order valence-electron chi connectivity index (χ2n) is 6.17. The molecule has 0 saturated carbocycles. The zero-order valence-electron chi connectivity index (χ0n) is 15.3. The molecule has 1 atom stereocenters. The fourth-order valence-electron chi connectivity index (χ4n) is 2.72. The highest BCUT2D eigenvalue weighted by atomic mass is 35.5. The van der Waals surface area contributed by atoms with Gasteiger partial charge in [-0.15, -0.1) is 0 Å². The number of hydrogen-bond acceptors (Lipinski definition) is 4. The molecule has 1 aromatic heterocycles. The first-order valence-corrected chi connectivity index (χ1v) is 9.79. The molecule has 0 bridgehead atoms. The second kappa shape index (κ2) is 8.50. The number of carbonyl (C=O) groups is 2. The predicted octanol–water partition coefficient (Wildman–Crippen LogP) is 4.18. The quantitative estimate of drug-likeness (QED) is 0.613. The van der Waals surface area contributed by atoms with Crippen LogP contribution in [0.25, 0.3) is 16.9 Å². The first-order chi connectivity index (χ1) is 13.4. The topological polar surface area (TPSA) is 90.0 Å². The van der Waals surface area contributed by atoms with E-state index in [4.69, 9.17) is 17.3 Å². The number of amides is 3. The third kappa shape index (κ3) is 4.37. The number of aromatic nitrogens is 2. The van der Waals surface area contributed by atoms with Gasteiger partial charge in [0.05, 0.1) is 22.8 Å². The zero-order valence-corrected chi connectivity index (χ0v) is 16.9. The number of imidazole rings is 1. The number of urea groups is 1. The molecule has 1 heterocycles. The summed E-state index contributed by atoms with van der Waals surface area (Å²) in [4.78, 5) is 27.6. The third-order valence-electron chi connectivity index (χ3n) is 4.12. The number of nitrogens with one attached hydrogen (secondary N) is 1. The van der Waals surface area contributed by atoms with Crippen molar-refractivity contribution < 1.29 is 9.59 Å². The van der Waals surface area contributed by atoms with Crippen LogP contribution >= 0.6 is 23.4 Å². The largest absolute Gasteiger partial charge is 0.351 e. The molecule has 0 aliphatic heterocycles. The van der Waals surface area contributed by atoms with Crippen molar-refractivity contribution in [2.24, 2.45) is 5.73 Å². The Labute approximate surface area is 172 Å². The third-order valence-corrected chi connectivity index (χ3v) is 5.44. The number of nitrogens with two attached hydrogens (primary N) is 1. The van der Waals surface area contributed by atoms with Crippen molar-refractivity contribution in [2.75, 3.05) is 0 Å². The Morgan fingerprint density at radius 2 is 1.86 bits per heavy atom. The molecule has 3 aromatic rings. The molecule has 0 saturated heterocycles. The van der Waals surface area contributed by atoms with Crippen molar-refractivity contribution in [1.82, 2.24) is 14.9 Å². The number of rotatable bonds is 5. The van der Waals surface area contributed by atoms with Gasteiger partial charge in [0.2, 0.25) is 5.91 Å². The van der Waals surface area contributed by atoms with Gasteiger partial charge in [0.15, 0.2) is 5.16 Å². The van der Waals surface area contributed by atoms with Crippen LogP contribution in [0.5, 0.6) is 0 Å². The molecule has 2 aromatic carbocycles. The van der Waals surface area contributed by atoms with Gasteiger partial charge in [0.1, 0.15) is 0 Å². The first kappa shape index (κ1) is 20.0. The lowest BCUT2D eigenvalue weighted by Gasteiger charge is -2.16. The molecule has 0 spiro atoms. The van der Waals surface area contributed by atoms with Crippen LogP contribution in [0.2, 0.25) is 5.02 Å². The number of halogens is 1. The monoisotopic (exact) mass is 414 g/mol. The number of hydrogen-bond donors (Lipinski definition) is 2. The van der Waals surface area contributed by atoms with Crippen molar-refractivity contribution >= 4 is 35.3 Å². The number of nitrogens with zero attached hydrogens (tertiary/aromatic N) is 2. The highest BCUT2D eigenvalue weighted by molar-refractivity contribution is 8.00. The number of imide groups is 1. The Balaban J connectivity index is 2.06. The Morgan fingerprint density at radius 1 is 1.18 bits per heavy atom. The summed E-state index contributed by atoms with van der Waals surface area (Å²) in [5.41, 5.74) is 8.88. The Morgan fingerprint density at radius 3 is 2.50 bits per heavy atom. The maximum absolute atomic E-state index is 12.1. The van der Waals surface area contributed by atoms with E-state index < -0.39 is 17.2 Å². The summed E-state index contributed by atoms with van der Waals surface area (Å²) in [6.45, 7) is 3.71. The first-order valence-electron chi connectivity index (χ1n) is 8.53. The van der Waals surface area contributed by atoms with Gasteiger partial charge in [-0.25, -0.2) is 9.78 Å². The molecule has 0 unspecified atom stereocenters. The average molecular weight is 415 g/mol. The second-order valence-corrected chi connectivity index (χ2v) is 7.91. The zero-order chi connectivity index (χ0) is 20.3. The molecule has 3 amide bonds. The maximum atomic E-state index is 12.1. The van der Waals surface area contributed by atoms with E-state index in [1.165, 1.54) is 11.8 Å². The van der Waals surface area contributed by atoms with Crippen molar-refractivity contribution in [1.29, 1.82) is 0 Å². The van der Waals surface area contributed by atoms with Crippen LogP contribution in [0.15, 0.2) is 59.9 Å². The SMILES string of the molecule is Cc1ccccc1-n1c(-c2ccc(Cl)cc2)cnc1S[C@H](C)C(=O)NC(N)=O. The normalized spacial score (nSPS) is 11.8. The van der Waals surface area contributed by atoms with Crippen LogP contribution in [0.3, 0.4) is 0 Å². The van der Waals surface area contributed by atoms with Crippen LogP contribution in [0, 0.1) is 6.92 Å². The Kier molecular flexibility index (Phi) is 6.06.